The molecular formula is C42H78O14S. The number of ether oxygens (including phenoxy) is 11. The number of benzene rings is 1. The SMILES string of the molecule is CCCCCCCCCCCCCOCCOCCOCCOCCOCCOCCOCCOCCOCCOCCOCCOS(=O)(=O)c1ccc(C)cc1. The highest BCUT2D eigenvalue weighted by Crippen LogP contribution is 2.13. The van der Waals surface area contributed by atoms with E-state index in [4.69, 9.17) is 56.3 Å². The fourth-order valence-corrected chi connectivity index (χ4v) is 6.04. The molecule has 0 saturated carbocycles. The molecule has 0 atom stereocenters. The minimum atomic E-state index is -3.78. The maximum Gasteiger partial charge on any atom is 0.297 e. The molecule has 1 rings (SSSR count). The van der Waals surface area contributed by atoms with Gasteiger partial charge in [-0.2, -0.15) is 8.42 Å². The molecule has 0 spiro atoms. The second-order valence-electron chi connectivity index (χ2n) is 13.4. The molecule has 0 bridgehead atoms. The first kappa shape index (κ1) is 53.7. The van der Waals surface area contributed by atoms with Crippen LogP contribution >= 0.6 is 0 Å². The third-order valence-electron chi connectivity index (χ3n) is 8.39. The summed E-state index contributed by atoms with van der Waals surface area (Å²) in [4.78, 5) is 0.129. The van der Waals surface area contributed by atoms with Crippen LogP contribution in [-0.4, -0.2) is 160 Å². The molecule has 0 amide bonds. The van der Waals surface area contributed by atoms with Crippen molar-refractivity contribution in [1.82, 2.24) is 0 Å². The zero-order valence-corrected chi connectivity index (χ0v) is 36.3. The number of hydrogen-bond acceptors (Lipinski definition) is 14. The molecule has 0 aliphatic heterocycles. The fourth-order valence-electron chi connectivity index (χ4n) is 5.15. The lowest BCUT2D eigenvalue weighted by molar-refractivity contribution is -0.0277. The molecule has 0 aromatic heterocycles. The third kappa shape index (κ3) is 38.6. The summed E-state index contributed by atoms with van der Waals surface area (Å²) in [6.07, 6.45) is 14.8. The Kier molecular flexibility index (Phi) is 40.3. The zero-order chi connectivity index (χ0) is 41.0. The molecule has 0 radical (unpaired) electrons. The van der Waals surface area contributed by atoms with Gasteiger partial charge in [0.1, 0.15) is 0 Å². The summed E-state index contributed by atoms with van der Waals surface area (Å²) in [6, 6.07) is 6.49. The predicted octanol–water partition coefficient (Wildman–Crippen LogP) is 6.19. The molecule has 0 aliphatic rings. The quantitative estimate of drug-likeness (QED) is 0.0543. The number of rotatable bonds is 47. The maximum absolute atomic E-state index is 12.1. The van der Waals surface area contributed by atoms with Gasteiger partial charge in [-0.15, -0.1) is 0 Å². The van der Waals surface area contributed by atoms with E-state index in [-0.39, 0.29) is 18.1 Å². The Balaban J connectivity index is 1.64. The summed E-state index contributed by atoms with van der Waals surface area (Å²) in [5.74, 6) is 0. The predicted molar refractivity (Wildman–Crippen MR) is 220 cm³/mol. The topological polar surface area (TPSA) is 145 Å². The normalized spacial score (nSPS) is 11.9. The lowest BCUT2D eigenvalue weighted by Gasteiger charge is -2.09. The van der Waals surface area contributed by atoms with Crippen LogP contribution in [0.2, 0.25) is 0 Å². The van der Waals surface area contributed by atoms with E-state index >= 15 is 0 Å². The lowest BCUT2D eigenvalue weighted by Crippen LogP contribution is -2.16. The zero-order valence-electron chi connectivity index (χ0n) is 35.5. The number of aryl methyl sites for hydroxylation is 1. The summed E-state index contributed by atoms with van der Waals surface area (Å²) in [6.45, 7) is 14.9. The highest BCUT2D eigenvalue weighted by molar-refractivity contribution is 7.86. The van der Waals surface area contributed by atoms with E-state index in [0.29, 0.717) is 132 Å². The van der Waals surface area contributed by atoms with Gasteiger partial charge < -0.3 is 52.1 Å². The Bertz CT molecular complexity index is 1050. The molecule has 0 aliphatic carbocycles. The Morgan fingerprint density at radius 3 is 0.877 bits per heavy atom. The van der Waals surface area contributed by atoms with Crippen molar-refractivity contribution in [3.8, 4) is 0 Å². The Hall–Kier alpha value is -1.31. The smallest absolute Gasteiger partial charge is 0.297 e. The molecule has 1 aromatic rings. The maximum atomic E-state index is 12.1. The van der Waals surface area contributed by atoms with Crippen LogP contribution in [0.15, 0.2) is 29.2 Å². The minimum Gasteiger partial charge on any atom is -0.379 e. The lowest BCUT2D eigenvalue weighted by atomic mass is 10.1. The van der Waals surface area contributed by atoms with E-state index in [0.717, 1.165) is 18.6 Å². The largest absolute Gasteiger partial charge is 0.379 e. The van der Waals surface area contributed by atoms with Gasteiger partial charge in [0.05, 0.1) is 150 Å². The van der Waals surface area contributed by atoms with Crippen molar-refractivity contribution in [2.45, 2.75) is 89.4 Å². The van der Waals surface area contributed by atoms with E-state index in [1.165, 1.54) is 76.3 Å². The highest BCUT2D eigenvalue weighted by Gasteiger charge is 2.14. The van der Waals surface area contributed by atoms with Crippen LogP contribution in [0.5, 0.6) is 0 Å². The van der Waals surface area contributed by atoms with Crippen LogP contribution < -0.4 is 0 Å². The molecule has 336 valence electrons. The van der Waals surface area contributed by atoms with Gasteiger partial charge in [0.2, 0.25) is 0 Å². The Morgan fingerprint density at radius 1 is 0.333 bits per heavy atom. The van der Waals surface area contributed by atoms with Gasteiger partial charge in [0, 0.05) is 6.61 Å². The minimum absolute atomic E-state index is 0.0586. The van der Waals surface area contributed by atoms with E-state index in [2.05, 4.69) is 6.92 Å². The van der Waals surface area contributed by atoms with Crippen LogP contribution in [0.3, 0.4) is 0 Å². The van der Waals surface area contributed by atoms with Crippen LogP contribution in [0, 0.1) is 6.92 Å². The van der Waals surface area contributed by atoms with Crippen LogP contribution in [0.1, 0.15) is 83.1 Å². The van der Waals surface area contributed by atoms with Crippen molar-refractivity contribution in [2.24, 2.45) is 0 Å². The van der Waals surface area contributed by atoms with Crippen molar-refractivity contribution in [3.05, 3.63) is 29.8 Å². The van der Waals surface area contributed by atoms with Gasteiger partial charge in [-0.05, 0) is 25.5 Å². The monoisotopic (exact) mass is 839 g/mol. The van der Waals surface area contributed by atoms with Gasteiger partial charge >= 0.3 is 0 Å². The van der Waals surface area contributed by atoms with Gasteiger partial charge in [0.15, 0.2) is 0 Å². The standard InChI is InChI=1S/C42H78O14S/c1-3-4-5-6-7-8-9-10-11-12-13-18-45-19-20-46-21-22-47-23-24-48-25-26-49-27-28-50-29-30-51-31-32-52-33-34-53-35-36-54-37-38-55-39-40-56-57(43,44)42-16-14-41(2)15-17-42/h14-17H,3-13,18-40H2,1-2H3. The van der Waals surface area contributed by atoms with Gasteiger partial charge in [-0.25, -0.2) is 0 Å². The average molecular weight is 839 g/mol. The number of hydrogen-bond donors (Lipinski definition) is 0. The summed E-state index contributed by atoms with van der Waals surface area (Å²) in [7, 11) is -3.78. The molecule has 15 heteroatoms. The molecule has 0 saturated heterocycles. The first-order chi connectivity index (χ1) is 28.1. The molecule has 1 aromatic carbocycles. The molecular weight excluding hydrogens is 761 g/mol. The second kappa shape index (κ2) is 42.8. The van der Waals surface area contributed by atoms with Gasteiger partial charge in [0.25, 0.3) is 10.1 Å². The summed E-state index contributed by atoms with van der Waals surface area (Å²) in [5.41, 5.74) is 0.976. The van der Waals surface area contributed by atoms with Crippen molar-refractivity contribution in [2.75, 3.05) is 152 Å². The third-order valence-corrected chi connectivity index (χ3v) is 9.71. The van der Waals surface area contributed by atoms with E-state index in [1.54, 1.807) is 12.1 Å². The molecule has 0 N–H and O–H groups in total. The Morgan fingerprint density at radius 2 is 0.579 bits per heavy atom. The fraction of sp³-hybridized carbons (Fsp3) is 0.857. The number of unbranched alkanes of at least 4 members (excludes halogenated alkanes) is 10. The highest BCUT2D eigenvalue weighted by atomic mass is 32.2. The summed E-state index contributed by atoms with van der Waals surface area (Å²) in [5, 5.41) is 0. The first-order valence-corrected chi connectivity index (χ1v) is 22.8. The average Bonchev–Trinajstić information content (AvgIpc) is 3.21. The van der Waals surface area contributed by atoms with E-state index in [1.807, 2.05) is 6.92 Å². The first-order valence-electron chi connectivity index (χ1n) is 21.4. The molecule has 0 fully saturated rings. The van der Waals surface area contributed by atoms with Gasteiger partial charge in [-0.3, -0.25) is 4.18 Å². The van der Waals surface area contributed by atoms with Crippen LogP contribution in [0.25, 0.3) is 0 Å². The molecule has 57 heavy (non-hydrogen) atoms. The van der Waals surface area contributed by atoms with Crippen LogP contribution in [-0.2, 0) is 66.4 Å². The van der Waals surface area contributed by atoms with Crippen LogP contribution in [0.4, 0.5) is 0 Å². The van der Waals surface area contributed by atoms with E-state index in [9.17, 15) is 8.42 Å². The van der Waals surface area contributed by atoms with Crippen molar-refractivity contribution in [3.63, 3.8) is 0 Å². The van der Waals surface area contributed by atoms with Gasteiger partial charge in [-0.1, -0.05) is 88.8 Å². The molecule has 0 unspecified atom stereocenters. The van der Waals surface area contributed by atoms with E-state index < -0.39 is 10.1 Å². The second-order valence-corrected chi connectivity index (χ2v) is 15.0. The Labute approximate surface area is 345 Å². The molecule has 0 heterocycles. The molecule has 14 nitrogen and oxygen atoms in total. The summed E-state index contributed by atoms with van der Waals surface area (Å²) >= 11 is 0. The van der Waals surface area contributed by atoms with Crippen molar-refractivity contribution in [1.29, 1.82) is 0 Å². The summed E-state index contributed by atoms with van der Waals surface area (Å²) < 4.78 is 89.7. The van der Waals surface area contributed by atoms with Crippen molar-refractivity contribution >= 4 is 10.1 Å². The van der Waals surface area contributed by atoms with Crippen molar-refractivity contribution < 1.29 is 64.7 Å².